The molecule has 1 aliphatic rings. The van der Waals surface area contributed by atoms with Crippen molar-refractivity contribution in [3.05, 3.63) is 28.1 Å². The van der Waals surface area contributed by atoms with Crippen molar-refractivity contribution in [1.82, 2.24) is 4.90 Å². The largest absolute Gasteiger partial charge is 0.397 e. The van der Waals surface area contributed by atoms with E-state index in [4.69, 9.17) is 17.3 Å². The second-order valence-corrected chi connectivity index (χ2v) is 6.79. The Balaban J connectivity index is 1.94. The van der Waals surface area contributed by atoms with Crippen molar-refractivity contribution in [2.75, 3.05) is 18.8 Å². The van der Waals surface area contributed by atoms with Gasteiger partial charge in [0, 0.05) is 28.2 Å². The minimum Gasteiger partial charge on any atom is -0.397 e. The second kappa shape index (κ2) is 5.26. The van der Waals surface area contributed by atoms with Gasteiger partial charge in [0.1, 0.15) is 4.88 Å². The number of nitrogens with zero attached hydrogens (tertiary/aromatic N) is 1. The number of rotatable bonds is 2. The maximum atomic E-state index is 12.6. The monoisotopic (exact) mass is 308 g/mol. The van der Waals surface area contributed by atoms with E-state index in [9.17, 15) is 4.79 Å². The van der Waals surface area contributed by atoms with Crippen molar-refractivity contribution in [1.29, 1.82) is 0 Å². The van der Waals surface area contributed by atoms with E-state index >= 15 is 0 Å². The summed E-state index contributed by atoms with van der Waals surface area (Å²) in [5.74, 6) is 0.694. The van der Waals surface area contributed by atoms with Crippen LogP contribution in [0.25, 0.3) is 10.1 Å². The van der Waals surface area contributed by atoms with Gasteiger partial charge in [0.25, 0.3) is 5.91 Å². The molecule has 0 spiro atoms. The molecule has 20 heavy (non-hydrogen) atoms. The first-order chi connectivity index (χ1) is 9.60. The Hall–Kier alpha value is -1.26. The van der Waals surface area contributed by atoms with Gasteiger partial charge in [-0.3, -0.25) is 4.79 Å². The van der Waals surface area contributed by atoms with Gasteiger partial charge in [-0.1, -0.05) is 24.9 Å². The minimum absolute atomic E-state index is 0.0655. The van der Waals surface area contributed by atoms with Crippen LogP contribution >= 0.6 is 22.9 Å². The van der Waals surface area contributed by atoms with Gasteiger partial charge in [0.15, 0.2) is 0 Å². The third-order valence-corrected chi connectivity index (χ3v) is 5.43. The van der Waals surface area contributed by atoms with Gasteiger partial charge >= 0.3 is 0 Å². The summed E-state index contributed by atoms with van der Waals surface area (Å²) in [6.45, 7) is 3.87. The van der Waals surface area contributed by atoms with Crippen LogP contribution in [-0.2, 0) is 0 Å². The molecule has 1 aliphatic heterocycles. The Morgan fingerprint density at radius 1 is 1.55 bits per heavy atom. The molecule has 3 nitrogen and oxygen atoms in total. The Labute approximate surface area is 127 Å². The normalized spacial score (nSPS) is 18.9. The molecule has 1 amide bonds. The van der Waals surface area contributed by atoms with Crippen molar-refractivity contribution in [2.24, 2.45) is 5.92 Å². The molecule has 1 unspecified atom stereocenters. The molecule has 0 radical (unpaired) electrons. The fourth-order valence-electron chi connectivity index (χ4n) is 2.74. The number of thiophene rings is 1. The van der Waals surface area contributed by atoms with Crippen molar-refractivity contribution in [3.8, 4) is 0 Å². The molecule has 2 heterocycles. The molecule has 1 fully saturated rings. The highest BCUT2D eigenvalue weighted by atomic mass is 35.5. The number of benzene rings is 1. The van der Waals surface area contributed by atoms with E-state index in [2.05, 4.69) is 6.92 Å². The first-order valence-electron chi connectivity index (χ1n) is 6.87. The smallest absolute Gasteiger partial charge is 0.266 e. The number of amides is 1. The van der Waals surface area contributed by atoms with Gasteiger partial charge in [-0.05, 0) is 30.5 Å². The van der Waals surface area contributed by atoms with E-state index in [1.165, 1.54) is 11.3 Å². The summed E-state index contributed by atoms with van der Waals surface area (Å²) in [5.41, 5.74) is 6.73. The van der Waals surface area contributed by atoms with E-state index in [0.717, 1.165) is 36.0 Å². The molecule has 0 saturated carbocycles. The van der Waals surface area contributed by atoms with Crippen LogP contribution in [0, 0.1) is 5.92 Å². The number of hydrogen-bond donors (Lipinski definition) is 1. The Bertz CT molecular complexity index is 667. The summed E-state index contributed by atoms with van der Waals surface area (Å²) >= 11 is 7.44. The average Bonchev–Trinajstić information content (AvgIpc) is 3.03. The molecule has 0 bridgehead atoms. The van der Waals surface area contributed by atoms with Crippen LogP contribution in [0.15, 0.2) is 18.2 Å². The summed E-state index contributed by atoms with van der Waals surface area (Å²) in [4.78, 5) is 15.2. The zero-order valence-corrected chi connectivity index (χ0v) is 12.9. The third kappa shape index (κ3) is 2.27. The van der Waals surface area contributed by atoms with Crippen LogP contribution in [-0.4, -0.2) is 23.9 Å². The second-order valence-electron chi connectivity index (χ2n) is 5.30. The number of carbonyl (C=O) groups excluding carboxylic acids is 1. The molecule has 1 aromatic heterocycles. The van der Waals surface area contributed by atoms with E-state index < -0.39 is 0 Å². The zero-order valence-electron chi connectivity index (χ0n) is 11.4. The van der Waals surface area contributed by atoms with E-state index in [-0.39, 0.29) is 5.91 Å². The number of hydrogen-bond acceptors (Lipinski definition) is 3. The lowest BCUT2D eigenvalue weighted by molar-refractivity contribution is 0.0792. The third-order valence-electron chi connectivity index (χ3n) is 4.04. The quantitative estimate of drug-likeness (QED) is 0.911. The van der Waals surface area contributed by atoms with Crippen LogP contribution in [0.4, 0.5) is 5.69 Å². The standard InChI is InChI=1S/C15H17ClN2OS/c1-2-9-5-6-18(8-9)15(19)14-13(17)11-4-3-10(16)7-12(11)20-14/h3-4,7,9H,2,5-6,8,17H2,1H3. The lowest BCUT2D eigenvalue weighted by Crippen LogP contribution is -2.28. The van der Waals surface area contributed by atoms with Crippen molar-refractivity contribution >= 4 is 44.6 Å². The fourth-order valence-corrected chi connectivity index (χ4v) is 4.11. The Morgan fingerprint density at radius 2 is 2.35 bits per heavy atom. The van der Waals surface area contributed by atoms with Crippen LogP contribution in [0.3, 0.4) is 0 Å². The first-order valence-corrected chi connectivity index (χ1v) is 8.06. The lowest BCUT2D eigenvalue weighted by Gasteiger charge is -2.15. The van der Waals surface area contributed by atoms with Gasteiger partial charge < -0.3 is 10.6 Å². The SMILES string of the molecule is CCC1CCN(C(=O)c2sc3cc(Cl)ccc3c2N)C1. The number of nitrogens with two attached hydrogens (primary N) is 1. The van der Waals surface area contributed by atoms with Crippen LogP contribution < -0.4 is 5.73 Å². The molecular formula is C15H17ClN2OS. The molecule has 106 valence electrons. The number of nitrogen functional groups attached to an aromatic ring is 1. The highest BCUT2D eigenvalue weighted by Gasteiger charge is 2.28. The Morgan fingerprint density at radius 3 is 3.05 bits per heavy atom. The number of halogens is 1. The Kier molecular flexibility index (Phi) is 3.61. The van der Waals surface area contributed by atoms with E-state index in [1.807, 2.05) is 23.1 Å². The van der Waals surface area contributed by atoms with Crippen LogP contribution in [0.2, 0.25) is 5.02 Å². The predicted molar refractivity (Wildman–Crippen MR) is 85.5 cm³/mol. The molecule has 2 N–H and O–H groups in total. The molecule has 0 aliphatic carbocycles. The van der Waals surface area contributed by atoms with Crippen LogP contribution in [0.5, 0.6) is 0 Å². The number of likely N-dealkylation sites (tertiary alicyclic amines) is 1. The van der Waals surface area contributed by atoms with Gasteiger partial charge in [0.2, 0.25) is 0 Å². The fraction of sp³-hybridized carbons (Fsp3) is 0.400. The predicted octanol–water partition coefficient (Wildman–Crippen LogP) is 4.01. The highest BCUT2D eigenvalue weighted by molar-refractivity contribution is 7.21. The molecule has 3 rings (SSSR count). The van der Waals surface area contributed by atoms with E-state index in [0.29, 0.717) is 21.5 Å². The van der Waals surface area contributed by atoms with Gasteiger partial charge in [-0.15, -0.1) is 11.3 Å². The van der Waals surface area contributed by atoms with E-state index in [1.54, 1.807) is 0 Å². The molecule has 1 saturated heterocycles. The van der Waals surface area contributed by atoms with Crippen molar-refractivity contribution in [2.45, 2.75) is 19.8 Å². The summed E-state index contributed by atoms with van der Waals surface area (Å²) in [6, 6.07) is 5.57. The minimum atomic E-state index is 0.0655. The number of fused-ring (bicyclic) bond motifs is 1. The molecule has 1 aromatic carbocycles. The van der Waals surface area contributed by atoms with Gasteiger partial charge in [-0.25, -0.2) is 0 Å². The van der Waals surface area contributed by atoms with Crippen LogP contribution in [0.1, 0.15) is 29.4 Å². The lowest BCUT2D eigenvalue weighted by atomic mass is 10.1. The summed E-state index contributed by atoms with van der Waals surface area (Å²) < 4.78 is 0.976. The van der Waals surface area contributed by atoms with Gasteiger partial charge in [-0.2, -0.15) is 0 Å². The molecular weight excluding hydrogens is 292 g/mol. The topological polar surface area (TPSA) is 46.3 Å². The maximum absolute atomic E-state index is 12.6. The number of carbonyl (C=O) groups is 1. The highest BCUT2D eigenvalue weighted by Crippen LogP contribution is 2.36. The zero-order chi connectivity index (χ0) is 14.3. The molecule has 2 aromatic rings. The molecule has 1 atom stereocenters. The average molecular weight is 309 g/mol. The first kappa shape index (κ1) is 13.7. The van der Waals surface area contributed by atoms with Crippen molar-refractivity contribution < 1.29 is 4.79 Å². The maximum Gasteiger partial charge on any atom is 0.266 e. The molecule has 5 heteroatoms. The van der Waals surface area contributed by atoms with Gasteiger partial charge in [0.05, 0.1) is 5.69 Å². The summed E-state index contributed by atoms with van der Waals surface area (Å²) in [7, 11) is 0. The van der Waals surface area contributed by atoms with Crippen molar-refractivity contribution in [3.63, 3.8) is 0 Å². The summed E-state index contributed by atoms with van der Waals surface area (Å²) in [5, 5.41) is 1.60. The number of anilines is 1. The summed E-state index contributed by atoms with van der Waals surface area (Å²) in [6.07, 6.45) is 2.22.